The molecule has 0 fully saturated rings. The lowest BCUT2D eigenvalue weighted by molar-refractivity contribution is 0.0469. The molecule has 0 spiro atoms. The van der Waals surface area contributed by atoms with Gasteiger partial charge in [0.15, 0.2) is 5.82 Å². The Labute approximate surface area is 152 Å². The van der Waals surface area contributed by atoms with Crippen molar-refractivity contribution >= 4 is 5.97 Å². The van der Waals surface area contributed by atoms with Crippen molar-refractivity contribution in [3.63, 3.8) is 0 Å². The molecular weight excluding hydrogens is 330 g/mol. The third-order valence-corrected chi connectivity index (χ3v) is 4.08. The van der Waals surface area contributed by atoms with E-state index in [1.165, 1.54) is 6.20 Å². The van der Waals surface area contributed by atoms with Crippen molar-refractivity contribution in [3.8, 4) is 11.6 Å². The van der Waals surface area contributed by atoms with E-state index in [9.17, 15) is 4.79 Å². The van der Waals surface area contributed by atoms with E-state index in [4.69, 9.17) is 9.47 Å². The molecular formula is C20H21N3O3. The molecule has 1 aromatic carbocycles. The van der Waals surface area contributed by atoms with Gasteiger partial charge < -0.3 is 9.47 Å². The van der Waals surface area contributed by atoms with Crippen LogP contribution in [0.5, 0.6) is 5.75 Å². The predicted octanol–water partition coefficient (Wildman–Crippen LogP) is 3.50. The molecule has 0 bridgehead atoms. The molecule has 0 aliphatic heterocycles. The standard InChI is InChI=1S/C20H21N3O3/c1-4-17-16(12-22-23(17)19-7-5-6-10-21-19)20(24)26-13-15-11-14(2)8-9-18(15)25-3/h5-12H,4,13H2,1-3H3. The maximum atomic E-state index is 12.6. The zero-order chi connectivity index (χ0) is 18.5. The number of pyridine rings is 1. The maximum Gasteiger partial charge on any atom is 0.341 e. The highest BCUT2D eigenvalue weighted by Gasteiger charge is 2.19. The molecule has 6 nitrogen and oxygen atoms in total. The molecule has 0 atom stereocenters. The second-order valence-electron chi connectivity index (χ2n) is 5.85. The van der Waals surface area contributed by atoms with Crippen molar-refractivity contribution < 1.29 is 14.3 Å². The van der Waals surface area contributed by atoms with Crippen LogP contribution in [0.1, 0.15) is 34.1 Å². The molecule has 3 aromatic rings. The number of rotatable bonds is 6. The lowest BCUT2D eigenvalue weighted by Crippen LogP contribution is -2.10. The minimum atomic E-state index is -0.410. The second-order valence-corrected chi connectivity index (χ2v) is 5.85. The average molecular weight is 351 g/mol. The van der Waals surface area contributed by atoms with Crippen LogP contribution in [0.3, 0.4) is 0 Å². The molecule has 0 saturated carbocycles. The van der Waals surface area contributed by atoms with Crippen LogP contribution in [-0.4, -0.2) is 27.8 Å². The monoisotopic (exact) mass is 351 g/mol. The highest BCUT2D eigenvalue weighted by Crippen LogP contribution is 2.22. The first kappa shape index (κ1) is 17.7. The molecule has 0 unspecified atom stereocenters. The van der Waals surface area contributed by atoms with E-state index in [-0.39, 0.29) is 6.61 Å². The number of carbonyl (C=O) groups excluding carboxylic acids is 1. The molecule has 0 amide bonds. The molecule has 0 N–H and O–H groups in total. The summed E-state index contributed by atoms with van der Waals surface area (Å²) in [5, 5.41) is 4.31. The van der Waals surface area contributed by atoms with Gasteiger partial charge in [0.1, 0.15) is 17.9 Å². The van der Waals surface area contributed by atoms with Gasteiger partial charge in [-0.25, -0.2) is 14.5 Å². The number of esters is 1. The molecule has 0 aliphatic rings. The summed E-state index contributed by atoms with van der Waals surface area (Å²) in [6.07, 6.45) is 3.86. The van der Waals surface area contributed by atoms with Crippen molar-refractivity contribution in [2.75, 3.05) is 7.11 Å². The van der Waals surface area contributed by atoms with Crippen molar-refractivity contribution in [1.29, 1.82) is 0 Å². The van der Waals surface area contributed by atoms with E-state index in [1.54, 1.807) is 18.0 Å². The number of ether oxygens (including phenoxy) is 2. The van der Waals surface area contributed by atoms with Crippen molar-refractivity contribution in [3.05, 3.63) is 71.2 Å². The summed E-state index contributed by atoms with van der Waals surface area (Å²) in [5.74, 6) is 0.958. The number of nitrogens with zero attached hydrogens (tertiary/aromatic N) is 3. The first-order chi connectivity index (χ1) is 12.6. The van der Waals surface area contributed by atoms with Crippen LogP contribution < -0.4 is 4.74 Å². The Kier molecular flexibility index (Phi) is 5.31. The minimum absolute atomic E-state index is 0.140. The Morgan fingerprint density at radius 2 is 2.08 bits per heavy atom. The topological polar surface area (TPSA) is 66.2 Å². The Hall–Kier alpha value is -3.15. The smallest absolute Gasteiger partial charge is 0.341 e. The first-order valence-corrected chi connectivity index (χ1v) is 8.43. The van der Waals surface area contributed by atoms with E-state index in [0.29, 0.717) is 23.6 Å². The molecule has 26 heavy (non-hydrogen) atoms. The summed E-state index contributed by atoms with van der Waals surface area (Å²) in [6, 6.07) is 11.3. The largest absolute Gasteiger partial charge is 0.496 e. The number of aryl methyl sites for hydroxylation is 1. The lowest BCUT2D eigenvalue weighted by Gasteiger charge is -2.11. The minimum Gasteiger partial charge on any atom is -0.496 e. The fraction of sp³-hybridized carbons (Fsp3) is 0.250. The lowest BCUT2D eigenvalue weighted by atomic mass is 10.1. The van der Waals surface area contributed by atoms with E-state index in [2.05, 4.69) is 10.1 Å². The fourth-order valence-electron chi connectivity index (χ4n) is 2.80. The zero-order valence-electron chi connectivity index (χ0n) is 15.1. The summed E-state index contributed by atoms with van der Waals surface area (Å²) in [7, 11) is 1.60. The van der Waals surface area contributed by atoms with Gasteiger partial charge in [0.25, 0.3) is 0 Å². The van der Waals surface area contributed by atoms with Gasteiger partial charge >= 0.3 is 5.97 Å². The van der Waals surface area contributed by atoms with Crippen LogP contribution in [-0.2, 0) is 17.8 Å². The highest BCUT2D eigenvalue weighted by atomic mass is 16.5. The van der Waals surface area contributed by atoms with Crippen molar-refractivity contribution in [2.45, 2.75) is 26.9 Å². The number of aromatic nitrogens is 3. The quantitative estimate of drug-likeness (QED) is 0.636. The van der Waals surface area contributed by atoms with E-state index >= 15 is 0 Å². The Morgan fingerprint density at radius 1 is 1.23 bits per heavy atom. The fourth-order valence-corrected chi connectivity index (χ4v) is 2.80. The molecule has 0 aliphatic carbocycles. The number of benzene rings is 1. The van der Waals surface area contributed by atoms with Gasteiger partial charge in [0, 0.05) is 11.8 Å². The third-order valence-electron chi connectivity index (χ3n) is 4.08. The summed E-state index contributed by atoms with van der Waals surface area (Å²) in [6.45, 7) is 4.09. The number of carbonyl (C=O) groups is 1. The predicted molar refractivity (Wildman–Crippen MR) is 97.6 cm³/mol. The Morgan fingerprint density at radius 3 is 2.77 bits per heavy atom. The van der Waals surface area contributed by atoms with Crippen LogP contribution >= 0.6 is 0 Å². The van der Waals surface area contributed by atoms with E-state index in [0.717, 1.165) is 16.8 Å². The van der Waals surface area contributed by atoms with Crippen LogP contribution in [0.4, 0.5) is 0 Å². The summed E-state index contributed by atoms with van der Waals surface area (Å²) >= 11 is 0. The van der Waals surface area contributed by atoms with Crippen molar-refractivity contribution in [2.24, 2.45) is 0 Å². The maximum absolute atomic E-state index is 12.6. The number of methoxy groups -OCH3 is 1. The summed E-state index contributed by atoms with van der Waals surface area (Å²) in [5.41, 5.74) is 3.12. The summed E-state index contributed by atoms with van der Waals surface area (Å²) < 4.78 is 12.5. The molecule has 2 heterocycles. The van der Waals surface area contributed by atoms with Crippen LogP contribution in [0.2, 0.25) is 0 Å². The van der Waals surface area contributed by atoms with E-state index in [1.807, 2.05) is 50.2 Å². The van der Waals surface area contributed by atoms with Crippen LogP contribution in [0.15, 0.2) is 48.8 Å². The second kappa shape index (κ2) is 7.82. The molecule has 0 saturated heterocycles. The van der Waals surface area contributed by atoms with Gasteiger partial charge in [0.2, 0.25) is 0 Å². The van der Waals surface area contributed by atoms with Gasteiger partial charge in [0.05, 0.1) is 19.0 Å². The highest BCUT2D eigenvalue weighted by molar-refractivity contribution is 5.90. The molecule has 0 radical (unpaired) electrons. The first-order valence-electron chi connectivity index (χ1n) is 8.43. The zero-order valence-corrected chi connectivity index (χ0v) is 15.1. The molecule has 2 aromatic heterocycles. The third kappa shape index (κ3) is 3.59. The van der Waals surface area contributed by atoms with Crippen molar-refractivity contribution in [1.82, 2.24) is 14.8 Å². The SMILES string of the molecule is CCc1c(C(=O)OCc2cc(C)ccc2OC)cnn1-c1ccccn1. The van der Waals surface area contributed by atoms with E-state index < -0.39 is 5.97 Å². The average Bonchev–Trinajstić information content (AvgIpc) is 3.11. The number of hydrogen-bond acceptors (Lipinski definition) is 5. The molecule has 134 valence electrons. The van der Waals surface area contributed by atoms with Gasteiger partial charge in [-0.15, -0.1) is 0 Å². The van der Waals surface area contributed by atoms with Gasteiger partial charge in [-0.1, -0.05) is 24.6 Å². The molecule has 6 heteroatoms. The van der Waals surface area contributed by atoms with Crippen LogP contribution in [0.25, 0.3) is 5.82 Å². The van der Waals surface area contributed by atoms with Gasteiger partial charge in [-0.3, -0.25) is 0 Å². The normalized spacial score (nSPS) is 10.6. The Balaban J connectivity index is 1.81. The Bertz CT molecular complexity index is 904. The van der Waals surface area contributed by atoms with Gasteiger partial charge in [-0.2, -0.15) is 5.10 Å². The van der Waals surface area contributed by atoms with Crippen LogP contribution in [0, 0.1) is 6.92 Å². The summed E-state index contributed by atoms with van der Waals surface area (Å²) in [4.78, 5) is 16.9. The number of hydrogen-bond donors (Lipinski definition) is 0. The molecule has 3 rings (SSSR count). The van der Waals surface area contributed by atoms with Gasteiger partial charge in [-0.05, 0) is 37.6 Å².